The van der Waals surface area contributed by atoms with Crippen molar-refractivity contribution in [3.05, 3.63) is 33.3 Å². The van der Waals surface area contributed by atoms with E-state index in [0.29, 0.717) is 5.41 Å². The molecule has 0 heterocycles. The molecule has 0 bridgehead atoms. The summed E-state index contributed by atoms with van der Waals surface area (Å²) in [7, 11) is 0. The highest BCUT2D eigenvalue weighted by Gasteiger charge is 2.31. The van der Waals surface area contributed by atoms with Gasteiger partial charge in [0.25, 0.3) is 0 Å². The van der Waals surface area contributed by atoms with E-state index in [2.05, 4.69) is 40.3 Å². The van der Waals surface area contributed by atoms with Gasteiger partial charge in [0, 0.05) is 17.6 Å². The van der Waals surface area contributed by atoms with E-state index in [9.17, 15) is 0 Å². The van der Waals surface area contributed by atoms with E-state index in [1.807, 2.05) is 6.07 Å². The first-order valence-electron chi connectivity index (χ1n) is 6.80. The highest BCUT2D eigenvalue weighted by molar-refractivity contribution is 9.10. The molecule has 0 amide bonds. The Morgan fingerprint density at radius 1 is 1.33 bits per heavy atom. The van der Waals surface area contributed by atoms with Crippen LogP contribution in [-0.4, -0.2) is 6.54 Å². The van der Waals surface area contributed by atoms with E-state index in [-0.39, 0.29) is 0 Å². The van der Waals surface area contributed by atoms with Crippen LogP contribution in [0.3, 0.4) is 0 Å². The van der Waals surface area contributed by atoms with E-state index in [4.69, 9.17) is 11.6 Å². The Hall–Kier alpha value is -0.0500. The average Bonchev–Trinajstić information content (AvgIpc) is 2.83. The lowest BCUT2D eigenvalue weighted by Gasteiger charge is -2.27. The zero-order valence-electron chi connectivity index (χ0n) is 10.9. The molecule has 2 rings (SSSR count). The lowest BCUT2D eigenvalue weighted by atomic mass is 9.83. The summed E-state index contributed by atoms with van der Waals surface area (Å²) in [5.74, 6) is 0. The summed E-state index contributed by atoms with van der Waals surface area (Å²) < 4.78 is 0.981. The molecular weight excluding hydrogens is 310 g/mol. The third-order valence-electron chi connectivity index (χ3n) is 4.23. The number of hydrogen-bond acceptors (Lipinski definition) is 1. The first-order chi connectivity index (χ1) is 8.65. The second-order valence-corrected chi connectivity index (χ2v) is 6.67. The van der Waals surface area contributed by atoms with Crippen LogP contribution in [0.15, 0.2) is 22.7 Å². The second kappa shape index (κ2) is 6.40. The molecule has 1 aliphatic carbocycles. The van der Waals surface area contributed by atoms with Crippen molar-refractivity contribution < 1.29 is 0 Å². The number of hydrogen-bond donors (Lipinski definition) is 1. The predicted octanol–water partition coefficient (Wildman–Crippen LogP) is 5.16. The molecule has 1 fully saturated rings. The maximum Gasteiger partial charge on any atom is 0.0548 e. The minimum atomic E-state index is 0.559. The van der Waals surface area contributed by atoms with Crippen LogP contribution in [0.5, 0.6) is 0 Å². The highest BCUT2D eigenvalue weighted by atomic mass is 79.9. The number of rotatable bonds is 5. The van der Waals surface area contributed by atoms with E-state index >= 15 is 0 Å². The summed E-state index contributed by atoms with van der Waals surface area (Å²) in [5.41, 5.74) is 1.85. The summed E-state index contributed by atoms with van der Waals surface area (Å²) >= 11 is 9.46. The van der Waals surface area contributed by atoms with Gasteiger partial charge in [-0.3, -0.25) is 0 Å². The van der Waals surface area contributed by atoms with Gasteiger partial charge in [0.2, 0.25) is 0 Å². The zero-order chi connectivity index (χ0) is 13.0. The molecule has 1 aromatic carbocycles. The molecule has 0 unspecified atom stereocenters. The van der Waals surface area contributed by atoms with Crippen molar-refractivity contribution in [3.8, 4) is 0 Å². The zero-order valence-corrected chi connectivity index (χ0v) is 13.3. The smallest absolute Gasteiger partial charge is 0.0548 e. The van der Waals surface area contributed by atoms with Crippen LogP contribution in [0, 0.1) is 5.41 Å². The molecule has 0 aliphatic heterocycles. The molecule has 1 aliphatic rings. The number of halogens is 2. The van der Waals surface area contributed by atoms with Gasteiger partial charge in [0.15, 0.2) is 0 Å². The van der Waals surface area contributed by atoms with Crippen LogP contribution in [0.4, 0.5) is 0 Å². The van der Waals surface area contributed by atoms with Gasteiger partial charge in [-0.15, -0.1) is 0 Å². The standard InChI is InChI=1S/C15H21BrClN/c1-2-15(7-3-4-8-15)11-18-10-12-5-6-14(17)13(16)9-12/h5-6,9,18H,2-4,7-8,10-11H2,1H3. The topological polar surface area (TPSA) is 12.0 Å². The Kier molecular flexibility index (Phi) is 5.11. The molecule has 1 saturated carbocycles. The Bertz CT molecular complexity index is 399. The Balaban J connectivity index is 1.86. The van der Waals surface area contributed by atoms with Gasteiger partial charge in [-0.1, -0.05) is 37.4 Å². The van der Waals surface area contributed by atoms with Crippen LogP contribution >= 0.6 is 27.5 Å². The van der Waals surface area contributed by atoms with Gasteiger partial charge < -0.3 is 5.32 Å². The van der Waals surface area contributed by atoms with Crippen molar-refractivity contribution in [1.29, 1.82) is 0 Å². The van der Waals surface area contributed by atoms with Crippen molar-refractivity contribution in [2.45, 2.75) is 45.6 Å². The summed E-state index contributed by atoms with van der Waals surface area (Å²) in [5, 5.41) is 4.40. The number of benzene rings is 1. The molecule has 0 aromatic heterocycles. The monoisotopic (exact) mass is 329 g/mol. The van der Waals surface area contributed by atoms with Gasteiger partial charge in [-0.25, -0.2) is 0 Å². The van der Waals surface area contributed by atoms with Crippen molar-refractivity contribution in [2.24, 2.45) is 5.41 Å². The van der Waals surface area contributed by atoms with Gasteiger partial charge in [0.1, 0.15) is 0 Å². The fourth-order valence-electron chi connectivity index (χ4n) is 2.90. The van der Waals surface area contributed by atoms with Crippen LogP contribution in [0.25, 0.3) is 0 Å². The SMILES string of the molecule is CCC1(CNCc2ccc(Cl)c(Br)c2)CCCC1. The molecule has 0 saturated heterocycles. The van der Waals surface area contributed by atoms with E-state index < -0.39 is 0 Å². The quantitative estimate of drug-likeness (QED) is 0.786. The molecule has 3 heteroatoms. The molecule has 0 spiro atoms. The van der Waals surface area contributed by atoms with Crippen molar-refractivity contribution in [3.63, 3.8) is 0 Å². The van der Waals surface area contributed by atoms with Crippen molar-refractivity contribution in [1.82, 2.24) is 5.32 Å². The second-order valence-electron chi connectivity index (χ2n) is 5.41. The summed E-state index contributed by atoms with van der Waals surface area (Å²) in [4.78, 5) is 0. The minimum Gasteiger partial charge on any atom is -0.312 e. The predicted molar refractivity (Wildman–Crippen MR) is 82.1 cm³/mol. The minimum absolute atomic E-state index is 0.559. The summed E-state index contributed by atoms with van der Waals surface area (Å²) in [6.45, 7) is 4.40. The maximum absolute atomic E-state index is 6.00. The van der Waals surface area contributed by atoms with Gasteiger partial charge in [0.05, 0.1) is 5.02 Å². The van der Waals surface area contributed by atoms with Crippen LogP contribution in [0.2, 0.25) is 5.02 Å². The fourth-order valence-corrected chi connectivity index (χ4v) is 3.45. The Morgan fingerprint density at radius 2 is 2.06 bits per heavy atom. The summed E-state index contributed by atoms with van der Waals surface area (Å²) in [6.07, 6.45) is 6.88. The van der Waals surface area contributed by atoms with Crippen molar-refractivity contribution in [2.75, 3.05) is 6.54 Å². The first kappa shape index (κ1) is 14.4. The van der Waals surface area contributed by atoms with Gasteiger partial charge in [-0.2, -0.15) is 0 Å². The molecule has 0 atom stereocenters. The van der Waals surface area contributed by atoms with E-state index in [0.717, 1.165) is 22.6 Å². The van der Waals surface area contributed by atoms with Crippen LogP contribution in [-0.2, 0) is 6.54 Å². The number of nitrogens with one attached hydrogen (secondary N) is 1. The normalized spacial score (nSPS) is 18.2. The molecule has 18 heavy (non-hydrogen) atoms. The van der Waals surface area contributed by atoms with Crippen LogP contribution in [0.1, 0.15) is 44.6 Å². The third-order valence-corrected chi connectivity index (χ3v) is 5.44. The largest absolute Gasteiger partial charge is 0.312 e. The maximum atomic E-state index is 6.00. The van der Waals surface area contributed by atoms with E-state index in [1.165, 1.54) is 37.7 Å². The van der Waals surface area contributed by atoms with Crippen molar-refractivity contribution >= 4 is 27.5 Å². The molecule has 1 aromatic rings. The molecule has 1 N–H and O–H groups in total. The molecule has 0 radical (unpaired) electrons. The molecule has 100 valence electrons. The lowest BCUT2D eigenvalue weighted by molar-refractivity contribution is 0.268. The van der Waals surface area contributed by atoms with Gasteiger partial charge >= 0.3 is 0 Å². The summed E-state index contributed by atoms with van der Waals surface area (Å²) in [6, 6.07) is 6.14. The lowest BCUT2D eigenvalue weighted by Crippen LogP contribution is -2.31. The van der Waals surface area contributed by atoms with E-state index in [1.54, 1.807) is 0 Å². The third kappa shape index (κ3) is 3.49. The molecule has 1 nitrogen and oxygen atoms in total. The first-order valence-corrected chi connectivity index (χ1v) is 7.97. The van der Waals surface area contributed by atoms with Gasteiger partial charge in [-0.05, 0) is 58.3 Å². The Labute approximate surface area is 123 Å². The highest BCUT2D eigenvalue weighted by Crippen LogP contribution is 2.40. The fraction of sp³-hybridized carbons (Fsp3) is 0.600. The molecular formula is C15H21BrClN. The van der Waals surface area contributed by atoms with Crippen LogP contribution < -0.4 is 5.32 Å². The Morgan fingerprint density at radius 3 is 2.67 bits per heavy atom. The average molecular weight is 331 g/mol.